The van der Waals surface area contributed by atoms with Crippen LogP contribution in [0.5, 0.6) is 5.75 Å². The lowest BCUT2D eigenvalue weighted by Gasteiger charge is -2.35. The lowest BCUT2D eigenvalue weighted by Crippen LogP contribution is -2.42. The van der Waals surface area contributed by atoms with Crippen LogP contribution in [0.25, 0.3) is 0 Å². The number of rotatable bonds is 8. The molecule has 0 spiro atoms. The van der Waals surface area contributed by atoms with Crippen LogP contribution in [-0.2, 0) is 0 Å². The van der Waals surface area contributed by atoms with Crippen molar-refractivity contribution < 1.29 is 14.6 Å². The Balaban J connectivity index is 1.81. The van der Waals surface area contributed by atoms with Crippen LogP contribution in [-0.4, -0.2) is 29.5 Å². The second-order valence-corrected chi connectivity index (χ2v) is 10.7. The van der Waals surface area contributed by atoms with Gasteiger partial charge >= 0.3 is 6.03 Å². The van der Waals surface area contributed by atoms with E-state index in [0.29, 0.717) is 17.9 Å². The van der Waals surface area contributed by atoms with E-state index in [9.17, 15) is 9.90 Å². The van der Waals surface area contributed by atoms with E-state index in [1.807, 2.05) is 0 Å². The number of nitrogens with one attached hydrogen (secondary N) is 2. The van der Waals surface area contributed by atoms with Crippen LogP contribution in [0, 0.1) is 10.8 Å². The third kappa shape index (κ3) is 8.92. The number of ether oxygens (including phenoxy) is 1. The van der Waals surface area contributed by atoms with Crippen LogP contribution in [0.2, 0.25) is 0 Å². The molecule has 2 atom stereocenters. The van der Waals surface area contributed by atoms with Crippen LogP contribution < -0.4 is 21.1 Å². The summed E-state index contributed by atoms with van der Waals surface area (Å²) >= 11 is 0. The van der Waals surface area contributed by atoms with E-state index >= 15 is 0 Å². The van der Waals surface area contributed by atoms with Crippen molar-refractivity contribution in [1.29, 1.82) is 0 Å². The summed E-state index contributed by atoms with van der Waals surface area (Å²) in [6, 6.07) is 7.15. The highest BCUT2D eigenvalue weighted by molar-refractivity contribution is 5.89. The highest BCUT2D eigenvalue weighted by Crippen LogP contribution is 2.37. The van der Waals surface area contributed by atoms with Gasteiger partial charge in [-0.3, -0.25) is 5.73 Å². The summed E-state index contributed by atoms with van der Waals surface area (Å²) in [6.45, 7) is 10.9. The van der Waals surface area contributed by atoms with Crippen LogP contribution in [0.4, 0.5) is 10.5 Å². The van der Waals surface area contributed by atoms with Crippen molar-refractivity contribution in [3.63, 3.8) is 0 Å². The summed E-state index contributed by atoms with van der Waals surface area (Å²) in [7, 11) is 0. The van der Waals surface area contributed by atoms with Gasteiger partial charge in [0.1, 0.15) is 11.9 Å². The maximum atomic E-state index is 12.2. The molecule has 30 heavy (non-hydrogen) atoms. The number of carbonyl (C=O) groups is 1. The van der Waals surface area contributed by atoms with Crippen LogP contribution in [0.1, 0.15) is 79.6 Å². The zero-order valence-electron chi connectivity index (χ0n) is 19.3. The number of aliphatic hydroxyl groups excluding tert-OH is 1. The smallest absolute Gasteiger partial charge is 0.319 e. The summed E-state index contributed by atoms with van der Waals surface area (Å²) < 4.78 is 5.73. The van der Waals surface area contributed by atoms with E-state index < -0.39 is 12.3 Å². The highest BCUT2D eigenvalue weighted by Gasteiger charge is 2.30. The van der Waals surface area contributed by atoms with Crippen LogP contribution >= 0.6 is 0 Å². The average molecular weight is 420 g/mol. The SMILES string of the molecule is CC(C)(C)CC(C)(C)CC(O)C(N)Oc1ccc(NC(=O)NC2CCCCC2)cc1. The first-order valence-electron chi connectivity index (χ1n) is 11.2. The predicted octanol–water partition coefficient (Wildman–Crippen LogP) is 5.02. The molecule has 0 heterocycles. The molecular formula is C24H41N3O3. The molecule has 2 rings (SSSR count). The molecule has 2 unspecified atom stereocenters. The summed E-state index contributed by atoms with van der Waals surface area (Å²) in [6.07, 6.45) is 5.68. The number of hydrogen-bond donors (Lipinski definition) is 4. The van der Waals surface area contributed by atoms with E-state index in [1.54, 1.807) is 24.3 Å². The summed E-state index contributed by atoms with van der Waals surface area (Å²) in [5, 5.41) is 16.4. The van der Waals surface area contributed by atoms with Gasteiger partial charge in [-0.15, -0.1) is 0 Å². The minimum Gasteiger partial charge on any atom is -0.473 e. The molecule has 0 aromatic heterocycles. The third-order valence-electron chi connectivity index (χ3n) is 5.47. The number of anilines is 1. The Hall–Kier alpha value is -1.79. The normalized spacial score (nSPS) is 17.8. The van der Waals surface area contributed by atoms with Crippen molar-refractivity contribution >= 4 is 11.7 Å². The zero-order valence-corrected chi connectivity index (χ0v) is 19.3. The number of hydrogen-bond acceptors (Lipinski definition) is 4. The fraction of sp³-hybridized carbons (Fsp3) is 0.708. The van der Waals surface area contributed by atoms with Gasteiger partial charge in [0, 0.05) is 11.7 Å². The number of benzene rings is 1. The Bertz CT molecular complexity index is 661. The Kier molecular flexibility index (Phi) is 8.56. The molecule has 0 aliphatic heterocycles. The van der Waals surface area contributed by atoms with Gasteiger partial charge in [-0.2, -0.15) is 0 Å². The van der Waals surface area contributed by atoms with E-state index in [4.69, 9.17) is 10.5 Å². The molecular weight excluding hydrogens is 378 g/mol. The van der Waals surface area contributed by atoms with Crippen molar-refractivity contribution in [2.24, 2.45) is 16.6 Å². The molecule has 1 aromatic carbocycles. The van der Waals surface area contributed by atoms with Gasteiger partial charge in [0.05, 0.1) is 0 Å². The maximum absolute atomic E-state index is 12.2. The van der Waals surface area contributed by atoms with Crippen molar-refractivity contribution in [3.05, 3.63) is 24.3 Å². The lowest BCUT2D eigenvalue weighted by atomic mass is 9.73. The molecule has 6 heteroatoms. The Morgan fingerprint density at radius 2 is 1.73 bits per heavy atom. The molecule has 0 saturated heterocycles. The van der Waals surface area contributed by atoms with Gasteiger partial charge in [-0.1, -0.05) is 53.9 Å². The molecule has 170 valence electrons. The Morgan fingerprint density at radius 3 is 2.30 bits per heavy atom. The molecule has 0 bridgehead atoms. The van der Waals surface area contributed by atoms with Gasteiger partial charge in [0.15, 0.2) is 6.23 Å². The first kappa shape index (κ1) is 24.5. The first-order valence-corrected chi connectivity index (χ1v) is 11.2. The van der Waals surface area contributed by atoms with Crippen LogP contribution in [0.3, 0.4) is 0 Å². The Morgan fingerprint density at radius 1 is 1.13 bits per heavy atom. The molecule has 1 aliphatic rings. The maximum Gasteiger partial charge on any atom is 0.319 e. The molecule has 6 nitrogen and oxygen atoms in total. The van der Waals surface area contributed by atoms with Gasteiger partial charge in [-0.25, -0.2) is 4.79 Å². The summed E-state index contributed by atoms with van der Waals surface area (Å²) in [5.74, 6) is 0.563. The number of amides is 2. The minimum absolute atomic E-state index is 0.0435. The monoisotopic (exact) mass is 419 g/mol. The van der Waals surface area contributed by atoms with Crippen molar-refractivity contribution in [3.8, 4) is 5.75 Å². The number of urea groups is 1. The average Bonchev–Trinajstić information content (AvgIpc) is 2.61. The van der Waals surface area contributed by atoms with E-state index in [2.05, 4.69) is 45.3 Å². The number of nitrogens with two attached hydrogens (primary N) is 1. The molecule has 1 fully saturated rings. The fourth-order valence-corrected chi connectivity index (χ4v) is 4.64. The summed E-state index contributed by atoms with van der Waals surface area (Å²) in [5.41, 5.74) is 6.92. The van der Waals surface area contributed by atoms with Gasteiger partial charge in [0.2, 0.25) is 0 Å². The molecule has 2 amide bonds. The van der Waals surface area contributed by atoms with E-state index in [0.717, 1.165) is 19.3 Å². The Labute approximate surface area is 182 Å². The minimum atomic E-state index is -0.808. The van der Waals surface area contributed by atoms with Gasteiger partial charge in [-0.05, 0) is 60.8 Å². The molecule has 1 aromatic rings. The standard InChI is InChI=1S/C24H41N3O3/c1-23(2,3)16-24(4,5)15-20(28)21(25)30-19-13-11-18(12-14-19)27-22(29)26-17-9-7-6-8-10-17/h11-14,17,20-21,28H,6-10,15-16,25H2,1-5H3,(H2,26,27,29). The van der Waals surface area contributed by atoms with Gasteiger partial charge < -0.3 is 20.5 Å². The molecule has 5 N–H and O–H groups in total. The second-order valence-electron chi connectivity index (χ2n) is 10.7. The van der Waals surface area contributed by atoms with E-state index in [1.165, 1.54) is 19.3 Å². The largest absolute Gasteiger partial charge is 0.473 e. The van der Waals surface area contributed by atoms with Crippen molar-refractivity contribution in [1.82, 2.24) is 5.32 Å². The van der Waals surface area contributed by atoms with Crippen molar-refractivity contribution in [2.45, 2.75) is 97.9 Å². The molecule has 1 saturated carbocycles. The molecule has 0 radical (unpaired) electrons. The zero-order chi connectivity index (χ0) is 22.4. The van der Waals surface area contributed by atoms with Gasteiger partial charge in [0.25, 0.3) is 0 Å². The fourth-order valence-electron chi connectivity index (χ4n) is 4.64. The second kappa shape index (κ2) is 10.5. The van der Waals surface area contributed by atoms with Crippen LogP contribution in [0.15, 0.2) is 24.3 Å². The molecule has 1 aliphatic carbocycles. The third-order valence-corrected chi connectivity index (χ3v) is 5.47. The quantitative estimate of drug-likeness (QED) is 0.445. The number of carbonyl (C=O) groups excluding carboxylic acids is 1. The lowest BCUT2D eigenvalue weighted by molar-refractivity contribution is 0.00313. The van der Waals surface area contributed by atoms with Crippen molar-refractivity contribution in [2.75, 3.05) is 5.32 Å². The number of aliphatic hydroxyl groups is 1. The van der Waals surface area contributed by atoms with E-state index in [-0.39, 0.29) is 22.9 Å². The summed E-state index contributed by atoms with van der Waals surface area (Å²) in [4.78, 5) is 12.2. The topological polar surface area (TPSA) is 96.6 Å². The predicted molar refractivity (Wildman–Crippen MR) is 123 cm³/mol. The first-order chi connectivity index (χ1) is 13.9. The highest BCUT2D eigenvalue weighted by atomic mass is 16.5.